The third-order valence-electron chi connectivity index (χ3n) is 8.31. The standard InChI is InChI=1S/C34H40Cl2N12O4/c1-44-17-20(13-26(44)31(49)39-10-7-29(37)38)40-32(50)27-14-21(18-45(27)2)41-33(51)28-15-22(19-46(28)3)42-34(52)30-43-24-16-23(5-6-25(24)47(30)4)48(11-8-35)12-9-36/h5-6,13-19H,7-12H2,1-4H3,(H3,37,38)(H,39,49)(H,40,50)(H,41,51)(H,42,52). The molecular weight excluding hydrogens is 711 g/mol. The molecule has 5 aromatic rings. The van der Waals surface area contributed by atoms with Crippen LogP contribution in [0.4, 0.5) is 22.7 Å². The van der Waals surface area contributed by atoms with Crippen molar-refractivity contribution in [3.63, 3.8) is 0 Å². The molecule has 18 heteroatoms. The number of carbonyl (C=O) groups excluding carboxylic acids is 4. The number of fused-ring (bicyclic) bond motifs is 1. The van der Waals surface area contributed by atoms with Crippen molar-refractivity contribution in [1.29, 1.82) is 5.41 Å². The number of nitrogens with zero attached hydrogens (tertiary/aromatic N) is 6. The predicted molar refractivity (Wildman–Crippen MR) is 203 cm³/mol. The number of nitrogens with one attached hydrogen (secondary N) is 5. The van der Waals surface area contributed by atoms with Gasteiger partial charge >= 0.3 is 0 Å². The van der Waals surface area contributed by atoms with Gasteiger partial charge in [0.15, 0.2) is 5.82 Å². The monoisotopic (exact) mass is 750 g/mol. The Balaban J connectivity index is 1.23. The van der Waals surface area contributed by atoms with Crippen LogP contribution in [-0.2, 0) is 28.2 Å². The van der Waals surface area contributed by atoms with Crippen LogP contribution in [0.15, 0.2) is 55.0 Å². The van der Waals surface area contributed by atoms with Gasteiger partial charge in [-0.1, -0.05) is 0 Å². The Morgan fingerprint density at radius 3 is 1.71 bits per heavy atom. The van der Waals surface area contributed by atoms with Gasteiger partial charge in [0.2, 0.25) is 0 Å². The average molecular weight is 752 g/mol. The second-order valence-electron chi connectivity index (χ2n) is 12.1. The summed E-state index contributed by atoms with van der Waals surface area (Å²) in [6.07, 6.45) is 5.04. The highest BCUT2D eigenvalue weighted by Gasteiger charge is 2.21. The molecule has 274 valence electrons. The molecule has 16 nitrogen and oxygen atoms in total. The maximum Gasteiger partial charge on any atom is 0.291 e. The summed E-state index contributed by atoms with van der Waals surface area (Å²) in [7, 11) is 6.77. The zero-order chi connectivity index (χ0) is 37.7. The number of aryl methyl sites for hydroxylation is 4. The zero-order valence-corrected chi connectivity index (χ0v) is 30.6. The Morgan fingerprint density at radius 1 is 0.750 bits per heavy atom. The highest BCUT2D eigenvalue weighted by atomic mass is 35.5. The van der Waals surface area contributed by atoms with E-state index >= 15 is 0 Å². The molecule has 0 fully saturated rings. The molecule has 0 spiro atoms. The van der Waals surface area contributed by atoms with E-state index in [1.165, 1.54) is 12.1 Å². The number of nitrogens with two attached hydrogens (primary N) is 1. The van der Waals surface area contributed by atoms with Crippen molar-refractivity contribution in [3.05, 3.63) is 77.9 Å². The lowest BCUT2D eigenvalue weighted by Crippen LogP contribution is -2.28. The fraction of sp³-hybridized carbons (Fsp3) is 0.294. The number of amidine groups is 1. The molecule has 0 aliphatic carbocycles. The Bertz CT molecular complexity index is 2160. The van der Waals surface area contributed by atoms with Gasteiger partial charge in [0.05, 0.1) is 33.9 Å². The number of carbonyl (C=O) groups is 4. The highest BCUT2D eigenvalue weighted by molar-refractivity contribution is 6.18. The molecule has 0 radical (unpaired) electrons. The number of hydrogen-bond acceptors (Lipinski definition) is 7. The molecule has 0 atom stereocenters. The van der Waals surface area contributed by atoms with E-state index in [-0.39, 0.29) is 41.9 Å². The molecular formula is C34H40Cl2N12O4. The third-order valence-corrected chi connectivity index (χ3v) is 8.65. The van der Waals surface area contributed by atoms with Gasteiger partial charge in [-0.15, -0.1) is 23.2 Å². The summed E-state index contributed by atoms with van der Waals surface area (Å²) in [6.45, 7) is 1.45. The first-order chi connectivity index (χ1) is 24.8. The Labute approximate surface area is 309 Å². The number of rotatable bonds is 15. The lowest BCUT2D eigenvalue weighted by Gasteiger charge is -2.22. The molecule has 1 aromatic carbocycles. The van der Waals surface area contributed by atoms with Crippen LogP contribution in [0.2, 0.25) is 0 Å². The molecule has 4 amide bonds. The van der Waals surface area contributed by atoms with E-state index in [4.69, 9.17) is 34.3 Å². The maximum atomic E-state index is 13.3. The molecule has 4 heterocycles. The minimum atomic E-state index is -0.460. The van der Waals surface area contributed by atoms with E-state index in [1.54, 1.807) is 71.1 Å². The molecule has 0 unspecified atom stereocenters. The van der Waals surface area contributed by atoms with Crippen LogP contribution in [0.3, 0.4) is 0 Å². The second-order valence-corrected chi connectivity index (χ2v) is 12.9. The first-order valence-electron chi connectivity index (χ1n) is 16.2. The SMILES string of the molecule is Cn1cc(NC(=O)c2cc(NC(=O)c3cc(NC(=O)c4nc5cc(N(CCCl)CCCl)ccc5n4C)cn3C)cn2C)cc1C(=O)NCCC(=N)N. The maximum absolute atomic E-state index is 13.3. The fourth-order valence-corrected chi connectivity index (χ4v) is 6.12. The smallest absolute Gasteiger partial charge is 0.291 e. The van der Waals surface area contributed by atoms with Gasteiger partial charge in [0.25, 0.3) is 23.6 Å². The number of halogens is 2. The van der Waals surface area contributed by atoms with Crippen molar-refractivity contribution in [1.82, 2.24) is 28.6 Å². The average Bonchev–Trinajstić information content (AvgIpc) is 3.84. The number of amides is 4. The normalized spacial score (nSPS) is 11.0. The van der Waals surface area contributed by atoms with Crippen molar-refractivity contribution in [3.8, 4) is 0 Å². The van der Waals surface area contributed by atoms with Crippen LogP contribution < -0.4 is 31.9 Å². The highest BCUT2D eigenvalue weighted by Crippen LogP contribution is 2.24. The van der Waals surface area contributed by atoms with Gasteiger partial charge in [-0.25, -0.2) is 4.98 Å². The number of aromatic nitrogens is 5. The molecule has 0 aliphatic rings. The van der Waals surface area contributed by atoms with Gasteiger partial charge in [-0.2, -0.15) is 0 Å². The quantitative estimate of drug-likeness (QED) is 0.0532. The summed E-state index contributed by atoms with van der Waals surface area (Å²) in [5.74, 6) is -0.695. The van der Waals surface area contributed by atoms with Gasteiger partial charge in [-0.3, -0.25) is 24.6 Å². The summed E-state index contributed by atoms with van der Waals surface area (Å²) in [6, 6.07) is 10.3. The molecule has 0 bridgehead atoms. The molecule has 0 saturated carbocycles. The van der Waals surface area contributed by atoms with Gasteiger partial charge < -0.3 is 50.2 Å². The van der Waals surface area contributed by atoms with E-state index in [1.807, 2.05) is 18.2 Å². The van der Waals surface area contributed by atoms with Crippen molar-refractivity contribution in [2.75, 3.05) is 52.2 Å². The summed E-state index contributed by atoms with van der Waals surface area (Å²) < 4.78 is 6.41. The van der Waals surface area contributed by atoms with Crippen LogP contribution >= 0.6 is 23.2 Å². The summed E-state index contributed by atoms with van der Waals surface area (Å²) in [5.41, 5.74) is 9.65. The number of hydrogen-bond donors (Lipinski definition) is 6. The molecule has 4 aromatic heterocycles. The molecule has 5 rings (SSSR count). The minimum absolute atomic E-state index is 0.0320. The van der Waals surface area contributed by atoms with Crippen molar-refractivity contribution in [2.45, 2.75) is 6.42 Å². The lowest BCUT2D eigenvalue weighted by molar-refractivity contribution is 0.0944. The second kappa shape index (κ2) is 16.1. The zero-order valence-electron chi connectivity index (χ0n) is 29.1. The number of alkyl halides is 2. The Morgan fingerprint density at radius 2 is 1.23 bits per heavy atom. The van der Waals surface area contributed by atoms with Crippen LogP contribution in [0.1, 0.15) is 48.5 Å². The third kappa shape index (κ3) is 8.41. The largest absolute Gasteiger partial charge is 0.388 e. The Kier molecular flexibility index (Phi) is 11.6. The van der Waals surface area contributed by atoms with E-state index in [0.29, 0.717) is 53.1 Å². The summed E-state index contributed by atoms with van der Waals surface area (Å²) in [4.78, 5) is 58.9. The molecule has 0 saturated heterocycles. The van der Waals surface area contributed by atoms with Crippen LogP contribution in [-0.4, -0.2) is 84.1 Å². The van der Waals surface area contributed by atoms with E-state index in [0.717, 1.165) is 11.2 Å². The lowest BCUT2D eigenvalue weighted by atomic mass is 10.2. The van der Waals surface area contributed by atoms with Gasteiger partial charge in [-0.05, 0) is 36.4 Å². The van der Waals surface area contributed by atoms with Crippen LogP contribution in [0.5, 0.6) is 0 Å². The van der Waals surface area contributed by atoms with Crippen LogP contribution in [0, 0.1) is 5.41 Å². The summed E-state index contributed by atoms with van der Waals surface area (Å²) >= 11 is 12.0. The molecule has 0 aliphatic heterocycles. The predicted octanol–water partition coefficient (Wildman–Crippen LogP) is 3.69. The number of anilines is 4. The number of benzene rings is 1. The van der Waals surface area contributed by atoms with E-state index in [9.17, 15) is 19.2 Å². The van der Waals surface area contributed by atoms with Crippen LogP contribution in [0.25, 0.3) is 11.0 Å². The summed E-state index contributed by atoms with van der Waals surface area (Å²) in [5, 5.41) is 18.4. The van der Waals surface area contributed by atoms with Crippen molar-refractivity contribution < 1.29 is 19.2 Å². The first-order valence-corrected chi connectivity index (χ1v) is 17.2. The Hall–Kier alpha value is -5.74. The topological polar surface area (TPSA) is 202 Å². The van der Waals surface area contributed by atoms with E-state index < -0.39 is 17.7 Å². The first kappa shape index (κ1) is 37.5. The van der Waals surface area contributed by atoms with Gasteiger partial charge in [0.1, 0.15) is 17.1 Å². The van der Waals surface area contributed by atoms with Crippen molar-refractivity contribution >= 4 is 86.4 Å². The van der Waals surface area contributed by atoms with Gasteiger partial charge in [0, 0.05) is 90.3 Å². The van der Waals surface area contributed by atoms with E-state index in [2.05, 4.69) is 31.2 Å². The number of imidazole rings is 1. The van der Waals surface area contributed by atoms with Crippen molar-refractivity contribution in [2.24, 2.45) is 33.9 Å². The minimum Gasteiger partial charge on any atom is -0.388 e. The fourth-order valence-electron chi connectivity index (χ4n) is 5.72. The molecule has 7 N–H and O–H groups in total. The molecule has 52 heavy (non-hydrogen) atoms.